The zero-order valence-corrected chi connectivity index (χ0v) is 27.9. The highest BCUT2D eigenvalue weighted by Gasteiger charge is 2.38. The third-order valence-corrected chi connectivity index (χ3v) is 7.64. The molecule has 1 aliphatic heterocycles. The van der Waals surface area contributed by atoms with Crippen LogP contribution < -0.4 is 0 Å². The van der Waals surface area contributed by atoms with E-state index in [4.69, 9.17) is 27.8 Å². The molecule has 43 heavy (non-hydrogen) atoms. The number of amides is 2. The fourth-order valence-electron chi connectivity index (χ4n) is 4.17. The Kier molecular flexibility index (Phi) is 13.1. The number of benzene rings is 1. The lowest BCUT2D eigenvalue weighted by molar-refractivity contribution is -0.155. The molecule has 12 nitrogen and oxygen atoms in total. The second-order valence-electron chi connectivity index (χ2n) is 13.3. The van der Waals surface area contributed by atoms with Crippen LogP contribution in [-0.4, -0.2) is 77.2 Å². The predicted octanol–water partition coefficient (Wildman–Crippen LogP) is 6.67. The van der Waals surface area contributed by atoms with Crippen molar-refractivity contribution in [2.24, 2.45) is 0 Å². The van der Waals surface area contributed by atoms with Gasteiger partial charge in [-0.1, -0.05) is 30.3 Å². The van der Waals surface area contributed by atoms with Crippen molar-refractivity contribution in [1.29, 1.82) is 0 Å². The van der Waals surface area contributed by atoms with Gasteiger partial charge in [-0.15, -0.1) is 0 Å². The molecule has 0 bridgehead atoms. The number of hydrogen-bond donors (Lipinski definition) is 0. The maximum atomic E-state index is 13.3. The van der Waals surface area contributed by atoms with Crippen molar-refractivity contribution in [1.82, 2.24) is 9.80 Å². The molecular formula is C30H49N2O10P. The fraction of sp³-hybridized carbons (Fsp3) is 0.700. The highest BCUT2D eigenvalue weighted by Crippen LogP contribution is 2.55. The van der Waals surface area contributed by atoms with Gasteiger partial charge in [-0.2, -0.15) is 0 Å². The van der Waals surface area contributed by atoms with Gasteiger partial charge in [0.15, 0.2) is 0 Å². The summed E-state index contributed by atoms with van der Waals surface area (Å²) in [6.45, 7) is 15.3. The van der Waals surface area contributed by atoms with Gasteiger partial charge < -0.3 is 24.0 Å². The van der Waals surface area contributed by atoms with Crippen LogP contribution in [0.3, 0.4) is 0 Å². The molecule has 0 unspecified atom stereocenters. The first kappa shape index (κ1) is 36.5. The van der Waals surface area contributed by atoms with Gasteiger partial charge >= 0.3 is 26.0 Å². The molecule has 1 aromatic rings. The molecule has 0 radical (unpaired) electrons. The highest BCUT2D eigenvalue weighted by molar-refractivity contribution is 7.48. The third kappa shape index (κ3) is 14.6. The van der Waals surface area contributed by atoms with E-state index in [2.05, 4.69) is 0 Å². The number of carbonyl (C=O) groups is 3. The van der Waals surface area contributed by atoms with Crippen molar-refractivity contribution in [3.05, 3.63) is 35.9 Å². The highest BCUT2D eigenvalue weighted by atomic mass is 31.2. The lowest BCUT2D eigenvalue weighted by Crippen LogP contribution is -2.46. The Morgan fingerprint density at radius 3 is 2.07 bits per heavy atom. The van der Waals surface area contributed by atoms with E-state index in [1.165, 1.54) is 4.90 Å². The Hall–Kier alpha value is -2.66. The van der Waals surface area contributed by atoms with Gasteiger partial charge in [-0.25, -0.2) is 18.7 Å². The molecule has 0 aliphatic carbocycles. The van der Waals surface area contributed by atoms with Gasteiger partial charge in [0.1, 0.15) is 12.2 Å². The summed E-state index contributed by atoms with van der Waals surface area (Å²) >= 11 is 0. The molecule has 0 N–H and O–H groups in total. The Bertz CT molecular complexity index is 1090. The van der Waals surface area contributed by atoms with E-state index < -0.39 is 49.6 Å². The number of esters is 1. The number of hydrogen-bond acceptors (Lipinski definition) is 10. The number of phosphoric ester groups is 1. The Balaban J connectivity index is 2.10. The average molecular weight is 629 g/mol. The standard InChI is InChI=1S/C30H49N2O10P/c1-28(2,3)40-25(33)17-19-31(26(34)38-22-39-43(36,41-29(4,5)6)42-30(7,8)9)20-24-16-13-18-32(24)27(35)37-21-23-14-11-10-12-15-23/h10-12,14-15,24H,13,16-22H2,1-9H3/t24-/m0/s1. The first-order valence-corrected chi connectivity index (χ1v) is 16.0. The zero-order valence-electron chi connectivity index (χ0n) is 27.0. The molecule has 2 rings (SSSR count). The van der Waals surface area contributed by atoms with Crippen LogP contribution in [0.2, 0.25) is 0 Å². The summed E-state index contributed by atoms with van der Waals surface area (Å²) in [5, 5.41) is 0. The number of likely N-dealkylation sites (tertiary alicyclic amines) is 1. The average Bonchev–Trinajstić information content (AvgIpc) is 3.30. The third-order valence-electron chi connectivity index (χ3n) is 5.68. The zero-order chi connectivity index (χ0) is 32.5. The first-order valence-electron chi connectivity index (χ1n) is 14.5. The minimum Gasteiger partial charge on any atom is -0.460 e. The summed E-state index contributed by atoms with van der Waals surface area (Å²) in [7, 11) is -4.13. The van der Waals surface area contributed by atoms with Crippen LogP contribution in [0.4, 0.5) is 9.59 Å². The topological polar surface area (TPSA) is 130 Å². The molecule has 13 heteroatoms. The molecule has 1 atom stereocenters. The monoisotopic (exact) mass is 628 g/mol. The smallest absolute Gasteiger partial charge is 0.460 e. The quantitative estimate of drug-likeness (QED) is 0.107. The number of rotatable bonds is 12. The molecular weight excluding hydrogens is 579 g/mol. The number of nitrogens with zero attached hydrogens (tertiary/aromatic N) is 2. The van der Waals surface area contributed by atoms with Gasteiger partial charge in [0.2, 0.25) is 6.79 Å². The molecule has 244 valence electrons. The van der Waals surface area contributed by atoms with E-state index in [1.54, 1.807) is 67.2 Å². The predicted molar refractivity (Wildman–Crippen MR) is 160 cm³/mol. The molecule has 1 fully saturated rings. The lowest BCUT2D eigenvalue weighted by atomic mass is 10.2. The lowest BCUT2D eigenvalue weighted by Gasteiger charge is -2.31. The van der Waals surface area contributed by atoms with Crippen molar-refractivity contribution >= 4 is 26.0 Å². The van der Waals surface area contributed by atoms with Gasteiger partial charge in [-0.3, -0.25) is 13.8 Å². The normalized spacial score (nSPS) is 16.1. The summed E-state index contributed by atoms with van der Waals surface area (Å²) in [5.74, 6) is -0.492. The van der Waals surface area contributed by atoms with Gasteiger partial charge in [0.05, 0.1) is 23.7 Å². The van der Waals surface area contributed by atoms with E-state index in [0.717, 1.165) is 12.0 Å². The van der Waals surface area contributed by atoms with E-state index in [9.17, 15) is 18.9 Å². The van der Waals surface area contributed by atoms with Crippen LogP contribution >= 0.6 is 7.82 Å². The van der Waals surface area contributed by atoms with Gasteiger partial charge in [0, 0.05) is 19.6 Å². The van der Waals surface area contributed by atoms with Crippen molar-refractivity contribution in [3.8, 4) is 0 Å². The molecule has 2 amide bonds. The first-order chi connectivity index (χ1) is 19.8. The summed E-state index contributed by atoms with van der Waals surface area (Å²) in [4.78, 5) is 41.5. The van der Waals surface area contributed by atoms with Crippen LogP contribution in [0.1, 0.15) is 87.1 Å². The van der Waals surface area contributed by atoms with Crippen LogP contribution in [-0.2, 0) is 43.7 Å². The summed E-state index contributed by atoms with van der Waals surface area (Å²) < 4.78 is 46.0. The molecule has 0 saturated carbocycles. The molecule has 1 saturated heterocycles. The van der Waals surface area contributed by atoms with Gasteiger partial charge in [0.25, 0.3) is 0 Å². The number of carbonyl (C=O) groups excluding carboxylic acids is 3. The largest absolute Gasteiger partial charge is 0.478 e. The van der Waals surface area contributed by atoms with Crippen LogP contribution in [0, 0.1) is 0 Å². The van der Waals surface area contributed by atoms with E-state index in [0.29, 0.717) is 13.0 Å². The molecule has 0 spiro atoms. The van der Waals surface area contributed by atoms with Crippen molar-refractivity contribution in [2.45, 2.75) is 111 Å². The summed E-state index contributed by atoms with van der Waals surface area (Å²) in [6, 6.07) is 8.97. The maximum absolute atomic E-state index is 13.3. The van der Waals surface area contributed by atoms with Crippen LogP contribution in [0.15, 0.2) is 30.3 Å². The SMILES string of the molecule is CC(C)(C)OC(=O)CCN(C[C@@H]1CCCN1C(=O)OCc1ccccc1)C(=O)OCOP(=O)(OC(C)(C)C)OC(C)(C)C. The van der Waals surface area contributed by atoms with Crippen molar-refractivity contribution in [3.63, 3.8) is 0 Å². The molecule has 0 aromatic heterocycles. The van der Waals surface area contributed by atoms with Gasteiger partial charge in [-0.05, 0) is 80.7 Å². The molecule has 1 aromatic carbocycles. The fourth-order valence-corrected chi connectivity index (χ4v) is 5.84. The minimum atomic E-state index is -4.13. The van der Waals surface area contributed by atoms with Crippen LogP contribution in [0.5, 0.6) is 0 Å². The van der Waals surface area contributed by atoms with E-state index >= 15 is 0 Å². The molecule has 1 aliphatic rings. The van der Waals surface area contributed by atoms with Crippen molar-refractivity contribution < 1.29 is 46.7 Å². The minimum absolute atomic E-state index is 0.0359. The Labute approximate surface area is 255 Å². The van der Waals surface area contributed by atoms with E-state index in [-0.39, 0.29) is 32.2 Å². The Morgan fingerprint density at radius 1 is 0.907 bits per heavy atom. The molecule has 1 heterocycles. The summed E-state index contributed by atoms with van der Waals surface area (Å²) in [5.41, 5.74) is -1.57. The summed E-state index contributed by atoms with van der Waals surface area (Å²) in [6.07, 6.45) is -0.0696. The Morgan fingerprint density at radius 2 is 1.51 bits per heavy atom. The second-order valence-corrected chi connectivity index (χ2v) is 14.8. The second kappa shape index (κ2) is 15.4. The van der Waals surface area contributed by atoms with Crippen LogP contribution in [0.25, 0.3) is 0 Å². The number of phosphoric acid groups is 1. The maximum Gasteiger partial charge on any atom is 0.478 e. The van der Waals surface area contributed by atoms with E-state index in [1.807, 2.05) is 30.3 Å². The van der Waals surface area contributed by atoms with Crippen molar-refractivity contribution in [2.75, 3.05) is 26.4 Å². The number of ether oxygens (including phenoxy) is 3.